The molecule has 1 N–H and O–H groups in total. The molecule has 1 saturated carbocycles. The summed E-state index contributed by atoms with van der Waals surface area (Å²) in [5.41, 5.74) is 1.45. The molecule has 1 aliphatic heterocycles. The Morgan fingerprint density at radius 3 is 2.47 bits per heavy atom. The van der Waals surface area contributed by atoms with Crippen LogP contribution in [0.1, 0.15) is 37.2 Å². The van der Waals surface area contributed by atoms with Gasteiger partial charge in [-0.2, -0.15) is 0 Å². The first-order valence-corrected chi connectivity index (χ1v) is 9.36. The number of nitrogens with one attached hydrogen (secondary N) is 1. The van der Waals surface area contributed by atoms with E-state index in [0.29, 0.717) is 18.0 Å². The van der Waals surface area contributed by atoms with Gasteiger partial charge in [-0.3, -0.25) is 4.21 Å². The van der Waals surface area contributed by atoms with Gasteiger partial charge in [0.2, 0.25) is 0 Å². The molecule has 1 saturated heterocycles. The Labute approximate surface area is 125 Å². The zero-order valence-corrected chi connectivity index (χ0v) is 13.4. The second-order valence-electron chi connectivity index (χ2n) is 5.68. The molecule has 1 aromatic carbocycles. The Morgan fingerprint density at radius 2 is 1.79 bits per heavy atom. The summed E-state index contributed by atoms with van der Waals surface area (Å²) < 4.78 is 12.6. The first-order valence-electron chi connectivity index (χ1n) is 7.08. The van der Waals surface area contributed by atoms with E-state index in [-0.39, 0.29) is 0 Å². The van der Waals surface area contributed by atoms with Crippen molar-refractivity contribution in [2.45, 2.75) is 43.7 Å². The van der Waals surface area contributed by atoms with E-state index in [1.165, 1.54) is 22.9 Å². The summed E-state index contributed by atoms with van der Waals surface area (Å²) in [5.74, 6) is 2.47. The van der Waals surface area contributed by atoms with Gasteiger partial charge in [-0.25, -0.2) is 0 Å². The van der Waals surface area contributed by atoms with Crippen molar-refractivity contribution >= 4 is 26.7 Å². The molecule has 0 bridgehead atoms. The number of rotatable bonds is 3. The van der Waals surface area contributed by atoms with Gasteiger partial charge >= 0.3 is 0 Å². The van der Waals surface area contributed by atoms with E-state index in [1.807, 2.05) is 0 Å². The van der Waals surface area contributed by atoms with Crippen LogP contribution in [0.25, 0.3) is 0 Å². The molecule has 1 aliphatic carbocycles. The Kier molecular flexibility index (Phi) is 4.40. The van der Waals surface area contributed by atoms with E-state index in [2.05, 4.69) is 45.5 Å². The third-order valence-electron chi connectivity index (χ3n) is 4.34. The smallest absolute Gasteiger partial charge is 0.0249 e. The first kappa shape index (κ1) is 13.8. The molecule has 0 unspecified atom stereocenters. The maximum absolute atomic E-state index is 11.3. The molecule has 2 fully saturated rings. The van der Waals surface area contributed by atoms with Gasteiger partial charge in [0.25, 0.3) is 0 Å². The molecule has 0 radical (unpaired) electrons. The molecule has 0 amide bonds. The van der Waals surface area contributed by atoms with Crippen LogP contribution in [-0.2, 0) is 10.8 Å². The second-order valence-corrected chi connectivity index (χ2v) is 8.23. The lowest BCUT2D eigenvalue weighted by Crippen LogP contribution is -2.47. The van der Waals surface area contributed by atoms with Crippen molar-refractivity contribution in [1.82, 2.24) is 5.32 Å². The summed E-state index contributed by atoms with van der Waals surface area (Å²) in [7, 11) is -0.546. The van der Waals surface area contributed by atoms with Crippen LogP contribution in [0.5, 0.6) is 0 Å². The number of hydrogen-bond acceptors (Lipinski definition) is 2. The Bertz CT molecular complexity index is 463. The van der Waals surface area contributed by atoms with E-state index in [4.69, 9.17) is 0 Å². The molecule has 0 aromatic heterocycles. The molecule has 104 valence electrons. The van der Waals surface area contributed by atoms with Crippen molar-refractivity contribution in [3.63, 3.8) is 0 Å². The highest BCUT2D eigenvalue weighted by Crippen LogP contribution is 2.40. The molecule has 1 heterocycles. The molecule has 0 spiro atoms. The van der Waals surface area contributed by atoms with Crippen LogP contribution in [-0.4, -0.2) is 27.8 Å². The Hall–Kier alpha value is -0.190. The third kappa shape index (κ3) is 3.29. The van der Waals surface area contributed by atoms with Crippen molar-refractivity contribution in [3.8, 4) is 0 Å². The van der Waals surface area contributed by atoms with E-state index in [9.17, 15) is 4.21 Å². The van der Waals surface area contributed by atoms with E-state index < -0.39 is 10.8 Å². The van der Waals surface area contributed by atoms with Crippen LogP contribution >= 0.6 is 15.9 Å². The summed E-state index contributed by atoms with van der Waals surface area (Å²) in [6, 6.07) is 9.82. The summed E-state index contributed by atoms with van der Waals surface area (Å²) in [5, 5.41) is 3.75. The normalized spacial score (nSPS) is 34.8. The lowest BCUT2D eigenvalue weighted by atomic mass is 9.75. The third-order valence-corrected chi connectivity index (χ3v) is 6.45. The average molecular weight is 342 g/mol. The largest absolute Gasteiger partial charge is 0.311 e. The highest BCUT2D eigenvalue weighted by atomic mass is 79.9. The second kappa shape index (κ2) is 6.06. The number of benzene rings is 1. The van der Waals surface area contributed by atoms with E-state index >= 15 is 0 Å². The van der Waals surface area contributed by atoms with Crippen LogP contribution < -0.4 is 5.32 Å². The molecule has 1 aromatic rings. The fourth-order valence-electron chi connectivity index (χ4n) is 3.11. The molecule has 3 rings (SSSR count). The lowest BCUT2D eigenvalue weighted by Gasteiger charge is -2.40. The standard InChI is InChI=1S/C15H20BrNOS/c16-15-4-2-1-3-14(15)11-9-13(10-11)17-12-5-7-19(18)8-6-12/h1-4,11-13,17H,5-10H2. The molecular formula is C15H20BrNOS. The average Bonchev–Trinajstić information content (AvgIpc) is 2.37. The molecule has 0 atom stereocenters. The monoisotopic (exact) mass is 341 g/mol. The maximum Gasteiger partial charge on any atom is 0.0249 e. The molecule has 19 heavy (non-hydrogen) atoms. The number of halogens is 1. The van der Waals surface area contributed by atoms with E-state index in [1.54, 1.807) is 0 Å². The predicted octanol–water partition coefficient (Wildman–Crippen LogP) is 3.20. The van der Waals surface area contributed by atoms with Crippen molar-refractivity contribution in [1.29, 1.82) is 0 Å². The summed E-state index contributed by atoms with van der Waals surface area (Å²) in [6.45, 7) is 0. The van der Waals surface area contributed by atoms with Crippen molar-refractivity contribution in [2.75, 3.05) is 11.5 Å². The van der Waals surface area contributed by atoms with Gasteiger partial charge in [0.1, 0.15) is 0 Å². The van der Waals surface area contributed by atoms with Crippen LogP contribution in [0.4, 0.5) is 0 Å². The maximum atomic E-state index is 11.3. The topological polar surface area (TPSA) is 29.1 Å². The first-order chi connectivity index (χ1) is 9.22. The zero-order chi connectivity index (χ0) is 13.2. The van der Waals surface area contributed by atoms with Crippen LogP contribution in [0.2, 0.25) is 0 Å². The minimum absolute atomic E-state index is 0.546. The summed E-state index contributed by atoms with van der Waals surface area (Å²) in [4.78, 5) is 0. The van der Waals surface area contributed by atoms with Gasteiger partial charge in [0.15, 0.2) is 0 Å². The van der Waals surface area contributed by atoms with Crippen LogP contribution in [0.15, 0.2) is 28.7 Å². The fourth-order valence-corrected chi connectivity index (χ4v) is 5.02. The predicted molar refractivity (Wildman–Crippen MR) is 83.9 cm³/mol. The minimum atomic E-state index is -0.546. The van der Waals surface area contributed by atoms with Gasteiger partial charge in [-0.05, 0) is 43.2 Å². The lowest BCUT2D eigenvalue weighted by molar-refractivity contribution is 0.257. The summed E-state index contributed by atoms with van der Waals surface area (Å²) >= 11 is 3.64. The number of hydrogen-bond donors (Lipinski definition) is 1. The highest BCUT2D eigenvalue weighted by molar-refractivity contribution is 9.10. The Morgan fingerprint density at radius 1 is 1.11 bits per heavy atom. The minimum Gasteiger partial charge on any atom is -0.311 e. The van der Waals surface area contributed by atoms with Gasteiger partial charge in [-0.15, -0.1) is 0 Å². The SMILES string of the molecule is O=S1CCC(NC2CC(c3ccccc3Br)C2)CC1. The Balaban J connectivity index is 1.48. The van der Waals surface area contributed by atoms with Crippen LogP contribution in [0.3, 0.4) is 0 Å². The van der Waals surface area contributed by atoms with Crippen molar-refractivity contribution in [3.05, 3.63) is 34.3 Å². The van der Waals surface area contributed by atoms with Crippen molar-refractivity contribution in [2.24, 2.45) is 0 Å². The highest BCUT2D eigenvalue weighted by Gasteiger charge is 2.33. The molecule has 2 nitrogen and oxygen atoms in total. The van der Waals surface area contributed by atoms with Crippen molar-refractivity contribution < 1.29 is 4.21 Å². The summed E-state index contributed by atoms with van der Waals surface area (Å²) in [6.07, 6.45) is 4.65. The van der Waals surface area contributed by atoms with Gasteiger partial charge in [0.05, 0.1) is 0 Å². The van der Waals surface area contributed by atoms with Gasteiger partial charge in [0, 0.05) is 38.9 Å². The van der Waals surface area contributed by atoms with Gasteiger partial charge < -0.3 is 5.32 Å². The quantitative estimate of drug-likeness (QED) is 0.914. The molecular weight excluding hydrogens is 322 g/mol. The molecule has 4 heteroatoms. The van der Waals surface area contributed by atoms with Crippen LogP contribution in [0, 0.1) is 0 Å². The molecule has 2 aliphatic rings. The van der Waals surface area contributed by atoms with E-state index in [0.717, 1.165) is 24.3 Å². The fraction of sp³-hybridized carbons (Fsp3) is 0.600. The zero-order valence-electron chi connectivity index (χ0n) is 11.0. The van der Waals surface area contributed by atoms with Gasteiger partial charge in [-0.1, -0.05) is 34.1 Å².